The van der Waals surface area contributed by atoms with Crippen LogP contribution in [0.3, 0.4) is 0 Å². The van der Waals surface area contributed by atoms with E-state index in [2.05, 4.69) is 9.97 Å². The van der Waals surface area contributed by atoms with Crippen molar-refractivity contribution in [1.82, 2.24) is 9.97 Å². The number of benzene rings is 2. The third-order valence-electron chi connectivity index (χ3n) is 4.97. The van der Waals surface area contributed by atoms with Crippen molar-refractivity contribution in [2.45, 2.75) is 30.5 Å². The van der Waals surface area contributed by atoms with Crippen molar-refractivity contribution in [3.8, 4) is 0 Å². The summed E-state index contributed by atoms with van der Waals surface area (Å²) in [5, 5.41) is 0.484. The second kappa shape index (κ2) is 8.97. The first kappa shape index (κ1) is 22.4. The Hall–Kier alpha value is -2.81. The molecule has 0 fully saturated rings. The highest BCUT2D eigenvalue weighted by atomic mass is 35.5. The third-order valence-corrected chi connectivity index (χ3v) is 8.49. The molecule has 164 valence electrons. The Morgan fingerprint density at radius 2 is 1.75 bits per heavy atom. The second-order valence-corrected chi connectivity index (χ2v) is 11.4. The summed E-state index contributed by atoms with van der Waals surface area (Å²) in [5.41, 5.74) is 1.89. The number of para-hydroxylation sites is 1. The molecule has 0 radical (unpaired) electrons. The quantitative estimate of drug-likeness (QED) is 0.366. The van der Waals surface area contributed by atoms with Crippen LogP contribution in [0.15, 0.2) is 71.9 Å². The molecule has 4 aromatic rings. The van der Waals surface area contributed by atoms with Crippen molar-refractivity contribution < 1.29 is 13.2 Å². The maximum Gasteiger partial charge on any atom is 0.260 e. The number of pyridine rings is 1. The van der Waals surface area contributed by atoms with Crippen LogP contribution in [-0.2, 0) is 16.4 Å². The van der Waals surface area contributed by atoms with Crippen molar-refractivity contribution >= 4 is 54.0 Å². The van der Waals surface area contributed by atoms with E-state index in [0.717, 1.165) is 10.3 Å². The van der Waals surface area contributed by atoms with Crippen molar-refractivity contribution in [3.63, 3.8) is 0 Å². The van der Waals surface area contributed by atoms with E-state index in [1.54, 1.807) is 37.2 Å². The zero-order chi connectivity index (χ0) is 22.9. The minimum Gasteiger partial charge on any atom is -0.279 e. The van der Waals surface area contributed by atoms with Crippen molar-refractivity contribution in [1.29, 1.82) is 0 Å². The van der Waals surface area contributed by atoms with E-state index in [-0.39, 0.29) is 17.3 Å². The average Bonchev–Trinajstić information content (AvgIpc) is 3.23. The van der Waals surface area contributed by atoms with Gasteiger partial charge < -0.3 is 0 Å². The molecule has 2 aromatic heterocycles. The molecule has 0 spiro atoms. The number of halogens is 1. The number of hydrogen-bond acceptors (Lipinski definition) is 6. The van der Waals surface area contributed by atoms with Crippen LogP contribution in [0.2, 0.25) is 5.02 Å². The van der Waals surface area contributed by atoms with E-state index in [9.17, 15) is 13.2 Å². The predicted octanol–water partition coefficient (Wildman–Crippen LogP) is 5.37. The Morgan fingerprint density at radius 1 is 1.06 bits per heavy atom. The highest BCUT2D eigenvalue weighted by Crippen LogP contribution is 2.34. The lowest BCUT2D eigenvalue weighted by atomic mass is 10.2. The van der Waals surface area contributed by atoms with Gasteiger partial charge in [0.25, 0.3) is 5.91 Å². The summed E-state index contributed by atoms with van der Waals surface area (Å²) in [6, 6.07) is 15.2. The smallest absolute Gasteiger partial charge is 0.260 e. The molecule has 0 aliphatic heterocycles. The van der Waals surface area contributed by atoms with E-state index in [1.807, 2.05) is 24.3 Å². The lowest BCUT2D eigenvalue weighted by molar-refractivity contribution is 0.0985. The molecular formula is C23H20ClN3O3S2. The average molecular weight is 486 g/mol. The molecule has 0 N–H and O–H groups in total. The van der Waals surface area contributed by atoms with E-state index < -0.39 is 15.1 Å². The van der Waals surface area contributed by atoms with Gasteiger partial charge in [-0.3, -0.25) is 14.7 Å². The van der Waals surface area contributed by atoms with Crippen LogP contribution in [0.4, 0.5) is 5.13 Å². The Bertz CT molecular complexity index is 1370. The monoisotopic (exact) mass is 485 g/mol. The number of rotatable bonds is 6. The Morgan fingerprint density at radius 3 is 2.38 bits per heavy atom. The van der Waals surface area contributed by atoms with E-state index >= 15 is 0 Å². The topological polar surface area (TPSA) is 80.2 Å². The van der Waals surface area contributed by atoms with E-state index in [4.69, 9.17) is 11.6 Å². The minimum absolute atomic E-state index is 0.191. The van der Waals surface area contributed by atoms with E-state index in [1.165, 1.54) is 35.6 Å². The fraction of sp³-hybridized carbons (Fsp3) is 0.174. The van der Waals surface area contributed by atoms with Crippen LogP contribution in [0.1, 0.15) is 29.8 Å². The molecule has 6 nitrogen and oxygen atoms in total. The summed E-state index contributed by atoms with van der Waals surface area (Å²) in [6.45, 7) is 3.54. The number of nitrogens with zero attached hydrogens (tertiary/aromatic N) is 3. The van der Waals surface area contributed by atoms with Crippen LogP contribution < -0.4 is 4.90 Å². The zero-order valence-electron chi connectivity index (χ0n) is 17.4. The highest BCUT2D eigenvalue weighted by molar-refractivity contribution is 7.92. The zero-order valence-corrected chi connectivity index (χ0v) is 19.8. The Labute approximate surface area is 195 Å². The van der Waals surface area contributed by atoms with Gasteiger partial charge in [0.15, 0.2) is 15.0 Å². The predicted molar refractivity (Wildman–Crippen MR) is 128 cm³/mol. The SMILES string of the molecule is CC(C)S(=O)(=O)c1ccc(C(=O)N(Cc2ccncc2)c2nc3c(Cl)cccc3s2)cc1. The molecule has 0 saturated heterocycles. The van der Waals surface area contributed by atoms with Crippen molar-refractivity contribution in [3.05, 3.63) is 83.1 Å². The molecule has 0 aliphatic carbocycles. The van der Waals surface area contributed by atoms with Crippen molar-refractivity contribution in [2.75, 3.05) is 4.90 Å². The van der Waals surface area contributed by atoms with Gasteiger partial charge in [0.1, 0.15) is 5.52 Å². The molecule has 2 heterocycles. The van der Waals surface area contributed by atoms with Gasteiger partial charge >= 0.3 is 0 Å². The van der Waals surface area contributed by atoms with Gasteiger partial charge in [0.05, 0.1) is 26.4 Å². The number of carbonyl (C=O) groups is 1. The molecular weight excluding hydrogens is 466 g/mol. The number of anilines is 1. The number of amides is 1. The number of sulfone groups is 1. The minimum atomic E-state index is -3.42. The van der Waals surface area contributed by atoms with E-state index in [0.29, 0.717) is 21.2 Å². The Balaban J connectivity index is 1.74. The number of aromatic nitrogens is 2. The number of hydrogen-bond donors (Lipinski definition) is 0. The molecule has 2 aromatic carbocycles. The fourth-order valence-electron chi connectivity index (χ4n) is 3.13. The normalized spacial score (nSPS) is 11.8. The van der Waals surface area contributed by atoms with Gasteiger partial charge in [-0.05, 0) is 67.9 Å². The lowest BCUT2D eigenvalue weighted by Crippen LogP contribution is -2.30. The summed E-state index contributed by atoms with van der Waals surface area (Å²) in [7, 11) is -3.42. The van der Waals surface area contributed by atoms with Crippen molar-refractivity contribution in [2.24, 2.45) is 0 Å². The number of fused-ring (bicyclic) bond motifs is 1. The standard InChI is InChI=1S/C23H20ClN3O3S2/c1-15(2)32(29,30)18-8-6-17(7-9-18)22(28)27(14-16-10-12-25-13-11-16)23-26-21-19(24)4-3-5-20(21)31-23/h3-13,15H,14H2,1-2H3. The third kappa shape index (κ3) is 4.39. The van der Waals surface area contributed by atoms with Gasteiger partial charge in [-0.2, -0.15) is 0 Å². The first-order valence-corrected chi connectivity index (χ1v) is 12.6. The summed E-state index contributed by atoms with van der Waals surface area (Å²) in [6.07, 6.45) is 3.33. The van der Waals surface area contributed by atoms with Gasteiger partial charge in [-0.25, -0.2) is 13.4 Å². The summed E-state index contributed by atoms with van der Waals surface area (Å²) < 4.78 is 25.7. The number of thiazole rings is 1. The molecule has 0 saturated carbocycles. The molecule has 32 heavy (non-hydrogen) atoms. The largest absolute Gasteiger partial charge is 0.279 e. The molecule has 0 bridgehead atoms. The highest BCUT2D eigenvalue weighted by Gasteiger charge is 2.24. The molecule has 0 aliphatic rings. The van der Waals surface area contributed by atoms with Gasteiger partial charge in [-0.1, -0.05) is 29.0 Å². The molecule has 4 rings (SSSR count). The van der Waals surface area contributed by atoms with Gasteiger partial charge in [0, 0.05) is 18.0 Å². The van der Waals surface area contributed by atoms with Crippen LogP contribution in [0.25, 0.3) is 10.2 Å². The number of carbonyl (C=O) groups excluding carboxylic acids is 1. The molecule has 9 heteroatoms. The first-order valence-electron chi connectivity index (χ1n) is 9.87. The van der Waals surface area contributed by atoms with Crippen LogP contribution >= 0.6 is 22.9 Å². The molecule has 0 unspecified atom stereocenters. The van der Waals surface area contributed by atoms with Gasteiger partial charge in [-0.15, -0.1) is 0 Å². The van der Waals surface area contributed by atoms with Crippen LogP contribution in [0, 0.1) is 0 Å². The lowest BCUT2D eigenvalue weighted by Gasteiger charge is -2.20. The summed E-state index contributed by atoms with van der Waals surface area (Å²) >= 11 is 7.66. The van der Waals surface area contributed by atoms with Crippen LogP contribution in [0.5, 0.6) is 0 Å². The summed E-state index contributed by atoms with van der Waals surface area (Å²) in [5.74, 6) is -0.287. The van der Waals surface area contributed by atoms with Gasteiger partial charge in [0.2, 0.25) is 0 Å². The fourth-order valence-corrected chi connectivity index (χ4v) is 5.45. The van der Waals surface area contributed by atoms with Crippen LogP contribution in [-0.4, -0.2) is 29.5 Å². The second-order valence-electron chi connectivity index (χ2n) is 7.45. The summed E-state index contributed by atoms with van der Waals surface area (Å²) in [4.78, 5) is 23.9. The Kier molecular flexibility index (Phi) is 6.28. The maximum atomic E-state index is 13.5. The first-order chi connectivity index (χ1) is 15.3. The molecule has 1 amide bonds. The maximum absolute atomic E-state index is 13.5. The molecule has 0 atom stereocenters.